The molecule has 5 heteroatoms. The minimum atomic E-state index is 0. The molecule has 0 amide bonds. The molecule has 0 atom stereocenters. The van der Waals surface area contributed by atoms with Crippen LogP contribution in [0.1, 0.15) is 70.6 Å². The Morgan fingerprint density at radius 1 is 1.00 bits per heavy atom. The van der Waals surface area contributed by atoms with Gasteiger partial charge >= 0.3 is 0 Å². The molecule has 2 saturated carbocycles. The molecule has 4 nitrogen and oxygen atoms in total. The molecule has 24 heavy (non-hydrogen) atoms. The molecule has 1 saturated heterocycles. The first-order chi connectivity index (χ1) is 11.3. The first-order valence-corrected chi connectivity index (χ1v) is 10.1. The number of guanidine groups is 1. The molecule has 0 aromatic carbocycles. The van der Waals surface area contributed by atoms with Crippen molar-refractivity contribution in [1.29, 1.82) is 0 Å². The zero-order valence-corrected chi connectivity index (χ0v) is 17.8. The van der Waals surface area contributed by atoms with Crippen LogP contribution in [-0.2, 0) is 0 Å². The van der Waals surface area contributed by atoms with Gasteiger partial charge in [0.15, 0.2) is 5.96 Å². The molecule has 1 heterocycles. The van der Waals surface area contributed by atoms with Gasteiger partial charge in [-0.05, 0) is 44.4 Å². The van der Waals surface area contributed by atoms with Crippen LogP contribution in [0.5, 0.6) is 0 Å². The maximum atomic E-state index is 4.40. The molecule has 3 rings (SSSR count). The van der Waals surface area contributed by atoms with Crippen molar-refractivity contribution in [3.05, 3.63) is 0 Å². The zero-order valence-electron chi connectivity index (χ0n) is 15.4. The first-order valence-electron chi connectivity index (χ1n) is 10.1. The average Bonchev–Trinajstić information content (AvgIpc) is 3.43. The maximum Gasteiger partial charge on any atom is 0.191 e. The predicted octanol–water partition coefficient (Wildman–Crippen LogP) is 3.76. The second-order valence-electron chi connectivity index (χ2n) is 7.83. The molecule has 0 aromatic rings. The standard InChI is InChI=1S/C19H36N4.HI/c1-20-19(21-13-5-6-16-9-10-16)22-17-11-14-23(15-12-17)18-7-3-2-4-8-18;/h16-18H,2-15H2,1H3,(H2,20,21,22);1H. The molecule has 140 valence electrons. The van der Waals surface area contributed by atoms with Crippen LogP contribution in [0.25, 0.3) is 0 Å². The molecule has 2 aliphatic carbocycles. The maximum absolute atomic E-state index is 4.40. The summed E-state index contributed by atoms with van der Waals surface area (Å²) in [5.41, 5.74) is 0. The van der Waals surface area contributed by atoms with Crippen LogP contribution >= 0.6 is 24.0 Å². The molecule has 0 radical (unpaired) electrons. The molecule has 0 aromatic heterocycles. The summed E-state index contributed by atoms with van der Waals surface area (Å²) < 4.78 is 0. The van der Waals surface area contributed by atoms with Gasteiger partial charge in [0, 0.05) is 38.8 Å². The van der Waals surface area contributed by atoms with E-state index < -0.39 is 0 Å². The fourth-order valence-electron chi connectivity index (χ4n) is 4.25. The Hall–Kier alpha value is -0.0400. The fourth-order valence-corrected chi connectivity index (χ4v) is 4.25. The van der Waals surface area contributed by atoms with E-state index >= 15 is 0 Å². The lowest BCUT2D eigenvalue weighted by atomic mass is 9.92. The summed E-state index contributed by atoms with van der Waals surface area (Å²) in [4.78, 5) is 7.16. The molecule has 2 N–H and O–H groups in total. The fraction of sp³-hybridized carbons (Fsp3) is 0.947. The molecule has 0 bridgehead atoms. The first kappa shape index (κ1) is 20.3. The lowest BCUT2D eigenvalue weighted by Gasteiger charge is -2.39. The van der Waals surface area contributed by atoms with Gasteiger partial charge in [-0.25, -0.2) is 0 Å². The van der Waals surface area contributed by atoms with Gasteiger partial charge in [-0.15, -0.1) is 24.0 Å². The summed E-state index contributed by atoms with van der Waals surface area (Å²) in [7, 11) is 1.90. The number of nitrogens with one attached hydrogen (secondary N) is 2. The number of hydrogen-bond acceptors (Lipinski definition) is 2. The Kier molecular flexibility index (Phi) is 9.16. The van der Waals surface area contributed by atoms with E-state index in [2.05, 4.69) is 20.5 Å². The Balaban J connectivity index is 0.00000208. The van der Waals surface area contributed by atoms with Crippen LogP contribution in [0, 0.1) is 5.92 Å². The highest BCUT2D eigenvalue weighted by Crippen LogP contribution is 2.33. The number of aliphatic imine (C=N–C) groups is 1. The lowest BCUT2D eigenvalue weighted by molar-refractivity contribution is 0.119. The van der Waals surface area contributed by atoms with Crippen molar-refractivity contribution < 1.29 is 0 Å². The summed E-state index contributed by atoms with van der Waals surface area (Å²) in [6, 6.07) is 1.48. The Labute approximate surface area is 165 Å². The van der Waals surface area contributed by atoms with Gasteiger partial charge in [-0.3, -0.25) is 4.99 Å². The summed E-state index contributed by atoms with van der Waals surface area (Å²) in [5, 5.41) is 7.14. The molecule has 0 unspecified atom stereocenters. The van der Waals surface area contributed by atoms with Crippen LogP contribution < -0.4 is 10.6 Å². The third-order valence-electron chi connectivity index (χ3n) is 5.96. The highest BCUT2D eigenvalue weighted by atomic mass is 127. The van der Waals surface area contributed by atoms with Gasteiger partial charge in [0.1, 0.15) is 0 Å². The van der Waals surface area contributed by atoms with Gasteiger partial charge in [0.25, 0.3) is 0 Å². The molecule has 3 fully saturated rings. The van der Waals surface area contributed by atoms with Crippen molar-refractivity contribution in [1.82, 2.24) is 15.5 Å². The summed E-state index contributed by atoms with van der Waals surface area (Å²) >= 11 is 0. The quantitative estimate of drug-likeness (QED) is 0.281. The average molecular weight is 448 g/mol. The van der Waals surface area contributed by atoms with Gasteiger partial charge in [-0.2, -0.15) is 0 Å². The van der Waals surface area contributed by atoms with Gasteiger partial charge in [0.2, 0.25) is 0 Å². The van der Waals surface area contributed by atoms with Gasteiger partial charge < -0.3 is 15.5 Å². The van der Waals surface area contributed by atoms with Crippen LogP contribution in [0.15, 0.2) is 4.99 Å². The Morgan fingerprint density at radius 3 is 2.33 bits per heavy atom. The molecule has 3 aliphatic rings. The normalized spacial score (nSPS) is 24.5. The van der Waals surface area contributed by atoms with Gasteiger partial charge in [-0.1, -0.05) is 32.1 Å². The third kappa shape index (κ3) is 6.70. The molecular formula is C19H37IN4. The van der Waals surface area contributed by atoms with Crippen LogP contribution in [0.3, 0.4) is 0 Å². The second-order valence-corrected chi connectivity index (χ2v) is 7.83. The Bertz CT molecular complexity index is 370. The molecule has 0 spiro atoms. The van der Waals surface area contributed by atoms with Gasteiger partial charge in [0.05, 0.1) is 0 Å². The van der Waals surface area contributed by atoms with Crippen molar-refractivity contribution in [3.8, 4) is 0 Å². The smallest absolute Gasteiger partial charge is 0.191 e. The van der Waals surface area contributed by atoms with E-state index in [-0.39, 0.29) is 24.0 Å². The molecular weight excluding hydrogens is 411 g/mol. The highest BCUT2D eigenvalue weighted by molar-refractivity contribution is 14.0. The van der Waals surface area contributed by atoms with E-state index in [4.69, 9.17) is 0 Å². The predicted molar refractivity (Wildman–Crippen MR) is 113 cm³/mol. The Morgan fingerprint density at radius 2 is 1.71 bits per heavy atom. The molecule has 1 aliphatic heterocycles. The van der Waals surface area contributed by atoms with E-state index in [1.165, 1.54) is 83.7 Å². The van der Waals surface area contributed by atoms with Crippen molar-refractivity contribution in [3.63, 3.8) is 0 Å². The zero-order chi connectivity index (χ0) is 15.9. The van der Waals surface area contributed by atoms with E-state index in [0.29, 0.717) is 6.04 Å². The number of halogens is 1. The number of nitrogens with zero attached hydrogens (tertiary/aromatic N) is 2. The van der Waals surface area contributed by atoms with Crippen molar-refractivity contribution >= 4 is 29.9 Å². The van der Waals surface area contributed by atoms with Crippen molar-refractivity contribution in [2.75, 3.05) is 26.7 Å². The van der Waals surface area contributed by atoms with Crippen LogP contribution in [0.2, 0.25) is 0 Å². The lowest BCUT2D eigenvalue weighted by Crippen LogP contribution is -2.51. The SMILES string of the molecule is CN=C(NCCCC1CC1)NC1CCN(C2CCCCC2)CC1.I. The summed E-state index contributed by atoms with van der Waals surface area (Å²) in [6.45, 7) is 3.60. The minimum Gasteiger partial charge on any atom is -0.356 e. The van der Waals surface area contributed by atoms with E-state index in [1.54, 1.807) is 0 Å². The topological polar surface area (TPSA) is 39.7 Å². The van der Waals surface area contributed by atoms with E-state index in [1.807, 2.05) is 7.05 Å². The number of likely N-dealkylation sites (tertiary alicyclic amines) is 1. The summed E-state index contributed by atoms with van der Waals surface area (Å²) in [5.74, 6) is 2.05. The monoisotopic (exact) mass is 448 g/mol. The number of hydrogen-bond donors (Lipinski definition) is 2. The van der Waals surface area contributed by atoms with Crippen molar-refractivity contribution in [2.45, 2.75) is 82.7 Å². The number of rotatable bonds is 6. The highest BCUT2D eigenvalue weighted by Gasteiger charge is 2.26. The second kappa shape index (κ2) is 10.8. The third-order valence-corrected chi connectivity index (χ3v) is 5.96. The van der Waals surface area contributed by atoms with Crippen LogP contribution in [-0.4, -0.2) is 49.6 Å². The largest absolute Gasteiger partial charge is 0.356 e. The van der Waals surface area contributed by atoms with E-state index in [9.17, 15) is 0 Å². The number of piperidine rings is 1. The van der Waals surface area contributed by atoms with Crippen LogP contribution in [0.4, 0.5) is 0 Å². The summed E-state index contributed by atoms with van der Waals surface area (Å²) in [6.07, 6.45) is 15.3. The van der Waals surface area contributed by atoms with Crippen molar-refractivity contribution in [2.24, 2.45) is 10.9 Å². The minimum absolute atomic E-state index is 0. The van der Waals surface area contributed by atoms with E-state index in [0.717, 1.165) is 24.5 Å².